The van der Waals surface area contributed by atoms with Crippen molar-refractivity contribution in [3.05, 3.63) is 89.9 Å². The highest BCUT2D eigenvalue weighted by Gasteiger charge is 2.25. The Morgan fingerprint density at radius 2 is 1.68 bits per heavy atom. The van der Waals surface area contributed by atoms with Crippen molar-refractivity contribution in [2.75, 3.05) is 7.11 Å². The number of hydrogen-bond donors (Lipinski definition) is 0. The van der Waals surface area contributed by atoms with Gasteiger partial charge in [-0.15, -0.1) is 0 Å². The molecule has 1 aromatic heterocycles. The number of methoxy groups -OCH3 is 1. The number of carbonyl (C=O) groups excluding carboxylic acids is 1. The predicted octanol–water partition coefficient (Wildman–Crippen LogP) is 4.43. The highest BCUT2D eigenvalue weighted by atomic mass is 16.5. The molecule has 1 heterocycles. The molecular formula is C21H21NO3. The molecule has 3 aromatic rings. The lowest BCUT2D eigenvalue weighted by atomic mass is 9.96. The Morgan fingerprint density at radius 1 is 1.00 bits per heavy atom. The van der Waals surface area contributed by atoms with E-state index in [2.05, 4.69) is 0 Å². The van der Waals surface area contributed by atoms with Crippen LogP contribution in [0.15, 0.2) is 77.4 Å². The van der Waals surface area contributed by atoms with Crippen LogP contribution in [0.5, 0.6) is 5.75 Å². The summed E-state index contributed by atoms with van der Waals surface area (Å²) < 4.78 is 10.7. The molecule has 128 valence electrons. The molecule has 0 aliphatic heterocycles. The molecule has 0 aliphatic rings. The second kappa shape index (κ2) is 7.71. The average Bonchev–Trinajstić information content (AvgIpc) is 3.16. The van der Waals surface area contributed by atoms with Gasteiger partial charge in [-0.05, 0) is 35.4 Å². The third kappa shape index (κ3) is 3.91. The maximum atomic E-state index is 12.4. The Bertz CT molecular complexity index is 795. The molecule has 0 N–H and O–H groups in total. The quantitative estimate of drug-likeness (QED) is 0.669. The SMILES string of the molecule is COc1ccc([C@@H](c2ccccc2)N(Cc2ccco2)C(C)=O)cc1. The van der Waals surface area contributed by atoms with Crippen molar-refractivity contribution in [2.24, 2.45) is 0 Å². The molecular weight excluding hydrogens is 314 g/mol. The minimum absolute atomic E-state index is 0.0129. The fraction of sp³-hybridized carbons (Fsp3) is 0.190. The van der Waals surface area contributed by atoms with Gasteiger partial charge in [-0.1, -0.05) is 42.5 Å². The zero-order valence-electron chi connectivity index (χ0n) is 14.4. The van der Waals surface area contributed by atoms with E-state index in [1.807, 2.05) is 71.6 Å². The number of amides is 1. The van der Waals surface area contributed by atoms with Crippen LogP contribution in [0, 0.1) is 0 Å². The van der Waals surface area contributed by atoms with E-state index in [1.54, 1.807) is 20.3 Å². The molecule has 3 rings (SSSR count). The molecule has 0 bridgehead atoms. The summed E-state index contributed by atoms with van der Waals surface area (Å²) >= 11 is 0. The van der Waals surface area contributed by atoms with Crippen molar-refractivity contribution >= 4 is 5.91 Å². The van der Waals surface area contributed by atoms with Crippen LogP contribution >= 0.6 is 0 Å². The zero-order valence-corrected chi connectivity index (χ0v) is 14.4. The summed E-state index contributed by atoms with van der Waals surface area (Å²) in [5.41, 5.74) is 2.07. The zero-order chi connectivity index (χ0) is 17.6. The van der Waals surface area contributed by atoms with Gasteiger partial charge in [-0.25, -0.2) is 0 Å². The molecule has 25 heavy (non-hydrogen) atoms. The fourth-order valence-corrected chi connectivity index (χ4v) is 2.93. The summed E-state index contributed by atoms with van der Waals surface area (Å²) in [6, 6.07) is 21.3. The Kier molecular flexibility index (Phi) is 5.19. The van der Waals surface area contributed by atoms with Gasteiger partial charge in [0.15, 0.2) is 0 Å². The maximum Gasteiger partial charge on any atom is 0.220 e. The number of hydrogen-bond acceptors (Lipinski definition) is 3. The molecule has 0 saturated heterocycles. The molecule has 4 heteroatoms. The smallest absolute Gasteiger partial charge is 0.220 e. The van der Waals surface area contributed by atoms with Crippen LogP contribution in [0.2, 0.25) is 0 Å². The van der Waals surface area contributed by atoms with Crippen molar-refractivity contribution in [3.8, 4) is 5.75 Å². The van der Waals surface area contributed by atoms with Gasteiger partial charge in [0, 0.05) is 6.92 Å². The molecule has 2 aromatic carbocycles. The van der Waals surface area contributed by atoms with Crippen molar-refractivity contribution in [3.63, 3.8) is 0 Å². The van der Waals surface area contributed by atoms with Gasteiger partial charge < -0.3 is 14.1 Å². The molecule has 0 saturated carbocycles. The first-order valence-corrected chi connectivity index (χ1v) is 8.17. The van der Waals surface area contributed by atoms with E-state index in [0.717, 1.165) is 22.6 Å². The van der Waals surface area contributed by atoms with Crippen LogP contribution in [-0.2, 0) is 11.3 Å². The summed E-state index contributed by atoms with van der Waals surface area (Å²) in [7, 11) is 1.64. The lowest BCUT2D eigenvalue weighted by molar-refractivity contribution is -0.131. The topological polar surface area (TPSA) is 42.7 Å². The standard InChI is InChI=1S/C21H21NO3/c1-16(23)22(15-20-9-6-14-25-20)21(17-7-4-3-5-8-17)18-10-12-19(24-2)13-11-18/h3-14,21H,15H2,1-2H3/t21-/m1/s1. The normalized spacial score (nSPS) is 11.8. The van der Waals surface area contributed by atoms with Crippen molar-refractivity contribution in [1.82, 2.24) is 4.90 Å². The van der Waals surface area contributed by atoms with Gasteiger partial charge in [0.25, 0.3) is 0 Å². The van der Waals surface area contributed by atoms with Crippen LogP contribution in [0.25, 0.3) is 0 Å². The number of furan rings is 1. The van der Waals surface area contributed by atoms with Gasteiger partial charge in [0.05, 0.1) is 26.0 Å². The monoisotopic (exact) mass is 335 g/mol. The van der Waals surface area contributed by atoms with E-state index >= 15 is 0 Å². The summed E-state index contributed by atoms with van der Waals surface area (Å²) in [6.45, 7) is 2.00. The van der Waals surface area contributed by atoms with Gasteiger partial charge in [-0.3, -0.25) is 4.79 Å². The Labute approximate surface area is 147 Å². The third-order valence-electron chi connectivity index (χ3n) is 4.17. The molecule has 4 nitrogen and oxygen atoms in total. The molecule has 1 amide bonds. The lowest BCUT2D eigenvalue weighted by Crippen LogP contribution is -2.33. The van der Waals surface area contributed by atoms with E-state index < -0.39 is 0 Å². The first-order valence-electron chi connectivity index (χ1n) is 8.17. The molecule has 0 spiro atoms. The molecule has 0 fully saturated rings. The average molecular weight is 335 g/mol. The van der Waals surface area contributed by atoms with Crippen molar-refractivity contribution < 1.29 is 13.9 Å². The Morgan fingerprint density at radius 3 is 2.24 bits per heavy atom. The maximum absolute atomic E-state index is 12.4. The van der Waals surface area contributed by atoms with E-state index in [1.165, 1.54) is 0 Å². The lowest BCUT2D eigenvalue weighted by Gasteiger charge is -2.31. The molecule has 0 radical (unpaired) electrons. The molecule has 1 atom stereocenters. The number of ether oxygens (including phenoxy) is 1. The number of carbonyl (C=O) groups is 1. The van der Waals surface area contributed by atoms with Crippen molar-refractivity contribution in [1.29, 1.82) is 0 Å². The first-order chi connectivity index (χ1) is 12.2. The first kappa shape index (κ1) is 16.8. The predicted molar refractivity (Wildman–Crippen MR) is 96.2 cm³/mol. The van der Waals surface area contributed by atoms with Gasteiger partial charge in [-0.2, -0.15) is 0 Å². The number of rotatable bonds is 6. The Balaban J connectivity index is 2.03. The highest BCUT2D eigenvalue weighted by molar-refractivity contribution is 5.74. The van der Waals surface area contributed by atoms with Crippen LogP contribution in [-0.4, -0.2) is 17.9 Å². The van der Waals surface area contributed by atoms with Gasteiger partial charge in [0.1, 0.15) is 11.5 Å². The third-order valence-corrected chi connectivity index (χ3v) is 4.17. The second-order valence-corrected chi connectivity index (χ2v) is 5.81. The van der Waals surface area contributed by atoms with E-state index in [9.17, 15) is 4.79 Å². The van der Waals surface area contributed by atoms with Crippen LogP contribution in [0.1, 0.15) is 29.9 Å². The van der Waals surface area contributed by atoms with Crippen LogP contribution in [0.3, 0.4) is 0 Å². The number of nitrogens with zero attached hydrogens (tertiary/aromatic N) is 1. The van der Waals surface area contributed by atoms with Crippen molar-refractivity contribution in [2.45, 2.75) is 19.5 Å². The fourth-order valence-electron chi connectivity index (χ4n) is 2.93. The highest BCUT2D eigenvalue weighted by Crippen LogP contribution is 2.31. The largest absolute Gasteiger partial charge is 0.497 e. The summed E-state index contributed by atoms with van der Waals surface area (Å²) in [5, 5.41) is 0. The number of benzene rings is 2. The van der Waals surface area contributed by atoms with Gasteiger partial charge in [0.2, 0.25) is 5.91 Å². The minimum Gasteiger partial charge on any atom is -0.497 e. The van der Waals surface area contributed by atoms with E-state index in [0.29, 0.717) is 6.54 Å². The molecule has 0 unspecified atom stereocenters. The second-order valence-electron chi connectivity index (χ2n) is 5.81. The Hall–Kier alpha value is -3.01. The van der Waals surface area contributed by atoms with Crippen LogP contribution in [0.4, 0.5) is 0 Å². The van der Waals surface area contributed by atoms with E-state index in [4.69, 9.17) is 9.15 Å². The summed E-state index contributed by atoms with van der Waals surface area (Å²) in [5.74, 6) is 1.53. The summed E-state index contributed by atoms with van der Waals surface area (Å²) in [4.78, 5) is 14.3. The van der Waals surface area contributed by atoms with Gasteiger partial charge >= 0.3 is 0 Å². The van der Waals surface area contributed by atoms with Crippen LogP contribution < -0.4 is 4.74 Å². The summed E-state index contributed by atoms with van der Waals surface area (Å²) in [6.07, 6.45) is 1.62. The van der Waals surface area contributed by atoms with E-state index in [-0.39, 0.29) is 11.9 Å². The molecule has 0 aliphatic carbocycles. The minimum atomic E-state index is -0.199.